The number of nitrogens with zero attached hydrogens (tertiary/aromatic N) is 3. The highest BCUT2D eigenvalue weighted by Crippen LogP contribution is 2.34. The number of aryl methyl sites for hydroxylation is 2. The van der Waals surface area contributed by atoms with Gasteiger partial charge in [-0.2, -0.15) is 11.8 Å². The van der Waals surface area contributed by atoms with Crippen molar-refractivity contribution in [2.24, 2.45) is 4.99 Å². The van der Waals surface area contributed by atoms with E-state index in [1.54, 1.807) is 0 Å². The van der Waals surface area contributed by atoms with Crippen molar-refractivity contribution in [2.45, 2.75) is 58.0 Å². The van der Waals surface area contributed by atoms with Gasteiger partial charge in [-0.15, -0.1) is 0 Å². The Morgan fingerprint density at radius 1 is 1.19 bits per heavy atom. The minimum Gasteiger partial charge on any atom is -0.361 e. The maximum Gasteiger partial charge on any atom is 0.191 e. The Morgan fingerprint density at radius 2 is 1.92 bits per heavy atom. The zero-order valence-corrected chi connectivity index (χ0v) is 17.3. The first-order valence-corrected chi connectivity index (χ1v) is 11.0. The lowest BCUT2D eigenvalue weighted by molar-refractivity contribution is 0.0626. The van der Waals surface area contributed by atoms with Gasteiger partial charge in [-0.3, -0.25) is 9.89 Å². The summed E-state index contributed by atoms with van der Waals surface area (Å²) in [4.78, 5) is 7.18. The first kappa shape index (κ1) is 19.5. The standard InChI is InChI=1S/C19H33N5OS/c1-15-17(16(2)25-23-15)13-21-18(20-3)22-14-19(7-5-4-6-8-19)24-9-11-26-12-10-24/h4-14H2,1-3H3,(H2,20,21,22). The quantitative estimate of drug-likeness (QED) is 0.606. The Hall–Kier alpha value is -1.21. The molecule has 1 saturated heterocycles. The SMILES string of the molecule is CN=C(NCc1c(C)noc1C)NCC1(N2CCSCC2)CCCCC1. The van der Waals surface area contributed by atoms with Gasteiger partial charge in [-0.25, -0.2) is 0 Å². The third-order valence-corrected chi connectivity index (χ3v) is 6.83. The van der Waals surface area contributed by atoms with Gasteiger partial charge >= 0.3 is 0 Å². The molecule has 26 heavy (non-hydrogen) atoms. The van der Waals surface area contributed by atoms with Gasteiger partial charge in [-0.05, 0) is 26.7 Å². The van der Waals surface area contributed by atoms with E-state index in [0.717, 1.165) is 29.5 Å². The number of hydrogen-bond donors (Lipinski definition) is 2. The highest BCUT2D eigenvalue weighted by molar-refractivity contribution is 7.99. The summed E-state index contributed by atoms with van der Waals surface area (Å²) in [5.41, 5.74) is 2.35. The molecule has 2 fully saturated rings. The molecule has 0 unspecified atom stereocenters. The predicted molar refractivity (Wildman–Crippen MR) is 109 cm³/mol. The number of guanidine groups is 1. The summed E-state index contributed by atoms with van der Waals surface area (Å²) < 4.78 is 5.25. The van der Waals surface area contributed by atoms with E-state index in [-0.39, 0.29) is 0 Å². The molecule has 146 valence electrons. The summed E-state index contributed by atoms with van der Waals surface area (Å²) in [6.07, 6.45) is 6.66. The van der Waals surface area contributed by atoms with Crippen molar-refractivity contribution in [3.05, 3.63) is 17.0 Å². The summed E-state index contributed by atoms with van der Waals surface area (Å²) in [5, 5.41) is 11.1. The van der Waals surface area contributed by atoms with Crippen molar-refractivity contribution in [3.63, 3.8) is 0 Å². The molecule has 0 spiro atoms. The Kier molecular flexibility index (Phi) is 6.86. The summed E-state index contributed by atoms with van der Waals surface area (Å²) >= 11 is 2.09. The zero-order chi connectivity index (χ0) is 18.4. The maximum absolute atomic E-state index is 5.25. The van der Waals surface area contributed by atoms with Crippen LogP contribution in [0.2, 0.25) is 0 Å². The molecule has 1 aliphatic heterocycles. The Bertz CT molecular complexity index is 584. The summed E-state index contributed by atoms with van der Waals surface area (Å²) in [6.45, 7) is 8.04. The first-order chi connectivity index (χ1) is 12.6. The van der Waals surface area contributed by atoms with Crippen LogP contribution < -0.4 is 10.6 Å². The minimum atomic E-state index is 0.292. The Balaban J connectivity index is 1.59. The van der Waals surface area contributed by atoms with Gasteiger partial charge in [0.1, 0.15) is 5.76 Å². The fourth-order valence-corrected chi connectivity index (χ4v) is 5.15. The second kappa shape index (κ2) is 9.13. The van der Waals surface area contributed by atoms with Crippen molar-refractivity contribution < 1.29 is 4.52 Å². The van der Waals surface area contributed by atoms with Gasteiger partial charge < -0.3 is 15.2 Å². The van der Waals surface area contributed by atoms with Crippen LogP contribution in [0.4, 0.5) is 0 Å². The molecule has 0 bridgehead atoms. The Labute approximate surface area is 161 Å². The molecular formula is C19H33N5OS. The largest absolute Gasteiger partial charge is 0.361 e. The third kappa shape index (κ3) is 4.55. The molecule has 1 saturated carbocycles. The van der Waals surface area contributed by atoms with E-state index in [9.17, 15) is 0 Å². The maximum atomic E-state index is 5.25. The second-order valence-corrected chi connectivity index (χ2v) is 8.69. The lowest BCUT2D eigenvalue weighted by Crippen LogP contribution is -2.59. The molecule has 1 aromatic heterocycles. The molecule has 2 N–H and O–H groups in total. The first-order valence-electron chi connectivity index (χ1n) is 9.84. The average Bonchev–Trinajstić information content (AvgIpc) is 3.01. The zero-order valence-electron chi connectivity index (χ0n) is 16.4. The van der Waals surface area contributed by atoms with Gasteiger partial charge in [-0.1, -0.05) is 24.4 Å². The molecule has 2 aliphatic rings. The van der Waals surface area contributed by atoms with Crippen molar-refractivity contribution in [1.29, 1.82) is 0 Å². The molecule has 2 heterocycles. The van der Waals surface area contributed by atoms with E-state index >= 15 is 0 Å². The van der Waals surface area contributed by atoms with E-state index in [4.69, 9.17) is 4.52 Å². The lowest BCUT2D eigenvalue weighted by Gasteiger charge is -2.48. The molecule has 0 radical (unpaired) electrons. The smallest absolute Gasteiger partial charge is 0.191 e. The number of rotatable bonds is 5. The molecular weight excluding hydrogens is 346 g/mol. The van der Waals surface area contributed by atoms with Crippen LogP contribution in [0.1, 0.15) is 49.1 Å². The normalized spacial score (nSPS) is 21.6. The number of thioether (sulfide) groups is 1. The van der Waals surface area contributed by atoms with E-state index in [1.165, 1.54) is 56.7 Å². The number of aromatic nitrogens is 1. The predicted octanol–water partition coefficient (Wildman–Crippen LogP) is 2.71. The molecule has 1 aliphatic carbocycles. The second-order valence-electron chi connectivity index (χ2n) is 7.47. The molecule has 0 amide bonds. The van der Waals surface area contributed by atoms with Gasteiger partial charge in [0.05, 0.1) is 5.69 Å². The van der Waals surface area contributed by atoms with Crippen molar-refractivity contribution >= 4 is 17.7 Å². The minimum absolute atomic E-state index is 0.292. The van der Waals surface area contributed by atoms with Crippen molar-refractivity contribution in [3.8, 4) is 0 Å². The third-order valence-electron chi connectivity index (χ3n) is 5.89. The number of nitrogens with one attached hydrogen (secondary N) is 2. The molecule has 1 aromatic rings. The van der Waals surface area contributed by atoms with Crippen molar-refractivity contribution in [1.82, 2.24) is 20.7 Å². The van der Waals surface area contributed by atoms with Gasteiger partial charge in [0.15, 0.2) is 5.96 Å². The van der Waals surface area contributed by atoms with E-state index in [2.05, 4.69) is 37.4 Å². The molecule has 0 aromatic carbocycles. The van der Waals surface area contributed by atoms with Crippen LogP contribution in [0.5, 0.6) is 0 Å². The monoisotopic (exact) mass is 379 g/mol. The summed E-state index contributed by atoms with van der Waals surface area (Å²) in [7, 11) is 1.84. The fraction of sp³-hybridized carbons (Fsp3) is 0.789. The van der Waals surface area contributed by atoms with Crippen LogP contribution in [-0.2, 0) is 6.54 Å². The molecule has 3 rings (SSSR count). The van der Waals surface area contributed by atoms with Crippen LogP contribution in [0.3, 0.4) is 0 Å². The molecule has 0 atom stereocenters. The number of hydrogen-bond acceptors (Lipinski definition) is 5. The number of aliphatic imine (C=N–C) groups is 1. The highest BCUT2D eigenvalue weighted by Gasteiger charge is 2.38. The van der Waals surface area contributed by atoms with Crippen LogP contribution in [0.15, 0.2) is 9.52 Å². The average molecular weight is 380 g/mol. The highest BCUT2D eigenvalue weighted by atomic mass is 32.2. The van der Waals surface area contributed by atoms with E-state index in [1.807, 2.05) is 20.9 Å². The molecule has 7 heteroatoms. The van der Waals surface area contributed by atoms with Crippen molar-refractivity contribution in [2.75, 3.05) is 38.2 Å². The van der Waals surface area contributed by atoms with Crippen LogP contribution in [-0.4, -0.2) is 59.7 Å². The van der Waals surface area contributed by atoms with Crippen LogP contribution >= 0.6 is 11.8 Å². The van der Waals surface area contributed by atoms with Gasteiger partial charge in [0, 0.05) is 55.8 Å². The summed E-state index contributed by atoms with van der Waals surface area (Å²) in [5.74, 6) is 4.27. The fourth-order valence-electron chi connectivity index (χ4n) is 4.25. The van der Waals surface area contributed by atoms with Gasteiger partial charge in [0.25, 0.3) is 0 Å². The topological polar surface area (TPSA) is 65.7 Å². The van der Waals surface area contributed by atoms with Gasteiger partial charge in [0.2, 0.25) is 0 Å². The molecule has 6 nitrogen and oxygen atoms in total. The van der Waals surface area contributed by atoms with Crippen LogP contribution in [0, 0.1) is 13.8 Å². The van der Waals surface area contributed by atoms with E-state index in [0.29, 0.717) is 12.1 Å². The Morgan fingerprint density at radius 3 is 2.54 bits per heavy atom. The van der Waals surface area contributed by atoms with Crippen LogP contribution in [0.25, 0.3) is 0 Å². The van der Waals surface area contributed by atoms with E-state index < -0.39 is 0 Å². The summed E-state index contributed by atoms with van der Waals surface area (Å²) in [6, 6.07) is 0. The lowest BCUT2D eigenvalue weighted by atomic mass is 9.80.